The second-order valence-electron chi connectivity index (χ2n) is 5.12. The van der Waals surface area contributed by atoms with E-state index in [9.17, 15) is 16.8 Å². The zero-order valence-corrected chi connectivity index (χ0v) is 13.1. The van der Waals surface area contributed by atoms with Gasteiger partial charge in [0.15, 0.2) is 0 Å². The first kappa shape index (κ1) is 16.1. The van der Waals surface area contributed by atoms with Crippen LogP contribution in [0.5, 0.6) is 0 Å². The molecule has 1 rings (SSSR count). The quantitative estimate of drug-likeness (QED) is 0.896. The summed E-state index contributed by atoms with van der Waals surface area (Å²) in [5.41, 5.74) is 0.959. The minimum Gasteiger partial charge on any atom is -0.212 e. The third kappa shape index (κ3) is 4.29. The minimum atomic E-state index is -4.02. The lowest BCUT2D eigenvalue weighted by molar-refractivity contribution is 0.505. The Labute approximate surface area is 115 Å². The normalized spacial score (nSPS) is 13.5. The molecule has 7 heteroatoms. The molecule has 0 saturated heterocycles. The number of nitrogens with one attached hydrogen (secondary N) is 1. The standard InChI is InChI=1S/C12H19NO4S2/c1-5-12(2,3)10-6-8-11(9-7-10)19(16,17)13-18(4,14)15/h6-9,13H,5H2,1-4H3. The van der Waals surface area contributed by atoms with Gasteiger partial charge in [0.05, 0.1) is 11.2 Å². The average molecular weight is 305 g/mol. The highest BCUT2D eigenvalue weighted by Crippen LogP contribution is 2.27. The van der Waals surface area contributed by atoms with E-state index in [1.807, 2.05) is 0 Å². The molecule has 0 aliphatic rings. The van der Waals surface area contributed by atoms with Gasteiger partial charge >= 0.3 is 0 Å². The van der Waals surface area contributed by atoms with Gasteiger partial charge in [-0.05, 0) is 29.5 Å². The van der Waals surface area contributed by atoms with Crippen molar-refractivity contribution in [2.45, 2.75) is 37.5 Å². The van der Waals surface area contributed by atoms with E-state index in [0.29, 0.717) is 0 Å². The number of benzene rings is 1. The van der Waals surface area contributed by atoms with Gasteiger partial charge in [-0.25, -0.2) is 16.8 Å². The zero-order valence-electron chi connectivity index (χ0n) is 11.5. The van der Waals surface area contributed by atoms with Crippen molar-refractivity contribution in [3.63, 3.8) is 0 Å². The smallest absolute Gasteiger partial charge is 0.212 e. The van der Waals surface area contributed by atoms with Crippen LogP contribution in [0.1, 0.15) is 32.8 Å². The Hall–Kier alpha value is -0.920. The molecule has 0 fully saturated rings. The van der Waals surface area contributed by atoms with Crippen LogP contribution in [0.2, 0.25) is 0 Å². The summed E-state index contributed by atoms with van der Waals surface area (Å²) < 4.78 is 47.2. The van der Waals surface area contributed by atoms with Crippen LogP contribution < -0.4 is 4.13 Å². The Balaban J connectivity index is 3.13. The fourth-order valence-corrected chi connectivity index (χ4v) is 4.01. The molecule has 0 atom stereocenters. The largest absolute Gasteiger partial charge is 0.253 e. The van der Waals surface area contributed by atoms with Crippen molar-refractivity contribution in [2.75, 3.05) is 6.26 Å². The van der Waals surface area contributed by atoms with Gasteiger partial charge in [-0.3, -0.25) is 0 Å². The van der Waals surface area contributed by atoms with Gasteiger partial charge in [0.25, 0.3) is 10.0 Å². The van der Waals surface area contributed by atoms with Crippen molar-refractivity contribution >= 4 is 20.0 Å². The molecule has 0 aliphatic heterocycles. The molecule has 0 aromatic heterocycles. The Kier molecular flexibility index (Phi) is 4.44. The summed E-state index contributed by atoms with van der Waals surface area (Å²) in [5.74, 6) is 0. The maximum Gasteiger partial charge on any atom is 0.253 e. The highest BCUT2D eigenvalue weighted by atomic mass is 32.3. The highest BCUT2D eigenvalue weighted by Gasteiger charge is 2.22. The molecule has 1 N–H and O–H groups in total. The van der Waals surface area contributed by atoms with Gasteiger partial charge < -0.3 is 0 Å². The third-order valence-electron chi connectivity index (χ3n) is 3.09. The summed E-state index contributed by atoms with van der Waals surface area (Å²) >= 11 is 0. The fourth-order valence-electron chi connectivity index (χ4n) is 1.54. The van der Waals surface area contributed by atoms with Gasteiger partial charge in [0.1, 0.15) is 0 Å². The van der Waals surface area contributed by atoms with Crippen molar-refractivity contribution in [3.05, 3.63) is 29.8 Å². The maximum absolute atomic E-state index is 11.8. The average Bonchev–Trinajstić information content (AvgIpc) is 2.26. The summed E-state index contributed by atoms with van der Waals surface area (Å²) in [6.07, 6.45) is 1.72. The molecule has 5 nitrogen and oxygen atoms in total. The summed E-state index contributed by atoms with van der Waals surface area (Å²) in [7, 11) is -7.84. The molecule has 0 aliphatic carbocycles. The maximum atomic E-state index is 11.8. The number of hydrogen-bond acceptors (Lipinski definition) is 4. The molecule has 1 aromatic rings. The van der Waals surface area contributed by atoms with Crippen LogP contribution in [0.3, 0.4) is 0 Å². The van der Waals surface area contributed by atoms with Crippen LogP contribution in [0, 0.1) is 0 Å². The van der Waals surface area contributed by atoms with Crippen LogP contribution >= 0.6 is 0 Å². The first-order valence-corrected chi connectivity index (χ1v) is 9.19. The van der Waals surface area contributed by atoms with E-state index in [0.717, 1.165) is 18.2 Å². The Bertz CT molecular complexity index is 643. The lowest BCUT2D eigenvalue weighted by atomic mass is 9.82. The molecular formula is C12H19NO4S2. The predicted molar refractivity (Wildman–Crippen MR) is 74.9 cm³/mol. The van der Waals surface area contributed by atoms with E-state index in [-0.39, 0.29) is 10.3 Å². The summed E-state index contributed by atoms with van der Waals surface area (Å²) in [6, 6.07) is 6.25. The van der Waals surface area contributed by atoms with E-state index in [2.05, 4.69) is 20.8 Å². The van der Waals surface area contributed by atoms with E-state index in [1.165, 1.54) is 12.1 Å². The topological polar surface area (TPSA) is 80.3 Å². The number of sulfonamides is 2. The van der Waals surface area contributed by atoms with Crippen LogP contribution in [0.15, 0.2) is 29.2 Å². The monoisotopic (exact) mass is 305 g/mol. The first-order valence-electron chi connectivity index (χ1n) is 5.82. The van der Waals surface area contributed by atoms with Gasteiger partial charge in [-0.2, -0.15) is 0 Å². The summed E-state index contributed by atoms with van der Waals surface area (Å²) in [5, 5.41) is 0. The van der Waals surface area contributed by atoms with E-state index < -0.39 is 20.0 Å². The second kappa shape index (κ2) is 5.22. The molecule has 0 heterocycles. The molecular weight excluding hydrogens is 286 g/mol. The molecule has 108 valence electrons. The number of rotatable bonds is 5. The molecule has 0 bridgehead atoms. The second-order valence-corrected chi connectivity index (χ2v) is 8.81. The summed E-state index contributed by atoms with van der Waals surface area (Å²) in [4.78, 5) is -0.0615. The van der Waals surface area contributed by atoms with Crippen LogP contribution in [0.4, 0.5) is 0 Å². The minimum absolute atomic E-state index is 0.0491. The molecule has 0 spiro atoms. The van der Waals surface area contributed by atoms with Crippen molar-refractivity contribution in [2.24, 2.45) is 0 Å². The van der Waals surface area contributed by atoms with Crippen LogP contribution in [-0.4, -0.2) is 23.1 Å². The highest BCUT2D eigenvalue weighted by molar-refractivity contribution is 8.04. The van der Waals surface area contributed by atoms with E-state index in [1.54, 1.807) is 16.3 Å². The number of hydrogen-bond donors (Lipinski definition) is 1. The Morgan fingerprint density at radius 2 is 1.53 bits per heavy atom. The molecule has 0 saturated carbocycles. The van der Waals surface area contributed by atoms with Crippen molar-refractivity contribution in [3.8, 4) is 0 Å². The molecule has 1 aromatic carbocycles. The first-order chi connectivity index (χ1) is 8.48. The van der Waals surface area contributed by atoms with E-state index >= 15 is 0 Å². The van der Waals surface area contributed by atoms with Gasteiger partial charge in [0, 0.05) is 0 Å². The van der Waals surface area contributed by atoms with Crippen molar-refractivity contribution in [1.82, 2.24) is 4.13 Å². The zero-order chi connectivity index (χ0) is 14.9. The van der Waals surface area contributed by atoms with Crippen molar-refractivity contribution in [1.29, 1.82) is 0 Å². The third-order valence-corrected chi connectivity index (χ3v) is 6.07. The molecule has 0 radical (unpaired) electrons. The SMILES string of the molecule is CCC(C)(C)c1ccc(S(=O)(=O)NS(C)(=O)=O)cc1. The van der Waals surface area contributed by atoms with Gasteiger partial charge in [-0.1, -0.05) is 32.9 Å². The van der Waals surface area contributed by atoms with Gasteiger partial charge in [0.2, 0.25) is 10.0 Å². The van der Waals surface area contributed by atoms with Crippen LogP contribution in [-0.2, 0) is 25.5 Å². The fraction of sp³-hybridized carbons (Fsp3) is 0.500. The molecule has 0 unspecified atom stereocenters. The predicted octanol–water partition coefficient (Wildman–Crippen LogP) is 1.61. The molecule has 0 amide bonds. The molecule has 19 heavy (non-hydrogen) atoms. The lowest BCUT2D eigenvalue weighted by Crippen LogP contribution is -2.29. The summed E-state index contributed by atoms with van der Waals surface area (Å²) in [6.45, 7) is 6.17. The van der Waals surface area contributed by atoms with Crippen LogP contribution in [0.25, 0.3) is 0 Å². The Morgan fingerprint density at radius 1 is 1.05 bits per heavy atom. The van der Waals surface area contributed by atoms with Crippen molar-refractivity contribution < 1.29 is 16.8 Å². The van der Waals surface area contributed by atoms with Gasteiger partial charge in [-0.15, -0.1) is 4.13 Å². The Morgan fingerprint density at radius 3 is 1.89 bits per heavy atom. The lowest BCUT2D eigenvalue weighted by Gasteiger charge is -2.23. The van der Waals surface area contributed by atoms with E-state index in [4.69, 9.17) is 0 Å².